The second-order valence-corrected chi connectivity index (χ2v) is 7.20. The molecule has 3 unspecified atom stereocenters. The Morgan fingerprint density at radius 2 is 2.12 bits per heavy atom. The van der Waals surface area contributed by atoms with Gasteiger partial charge in [0, 0.05) is 41.9 Å². The number of nitrogens with zero attached hydrogens (tertiary/aromatic N) is 1. The highest BCUT2D eigenvalue weighted by Crippen LogP contribution is 2.36. The second-order valence-electron chi connectivity index (χ2n) is 7.20. The number of aliphatic imine (C=N–C) groups is 1. The summed E-state index contributed by atoms with van der Waals surface area (Å²) in [6.45, 7) is 2.20. The molecule has 4 aliphatic rings. The first-order valence-electron chi connectivity index (χ1n) is 9.36. The highest BCUT2D eigenvalue weighted by molar-refractivity contribution is 5.70. The third-order valence-electron chi connectivity index (χ3n) is 5.53. The van der Waals surface area contributed by atoms with Crippen LogP contribution < -0.4 is 10.6 Å². The van der Waals surface area contributed by atoms with Gasteiger partial charge in [0.15, 0.2) is 0 Å². The van der Waals surface area contributed by atoms with Crippen LogP contribution in [0.25, 0.3) is 0 Å². The fourth-order valence-electron chi connectivity index (χ4n) is 4.10. The SMILES string of the molecule is COC1=CC(C2=CC3C=CN=CC3C(NC3CCNCC3)=C2)CC=C1. The van der Waals surface area contributed by atoms with Crippen molar-refractivity contribution in [3.63, 3.8) is 0 Å². The Labute approximate surface area is 150 Å². The molecule has 0 amide bonds. The molecule has 4 nitrogen and oxygen atoms in total. The summed E-state index contributed by atoms with van der Waals surface area (Å²) >= 11 is 0. The van der Waals surface area contributed by atoms with E-state index in [2.05, 4.69) is 58.3 Å². The lowest BCUT2D eigenvalue weighted by molar-refractivity contribution is 0.301. The van der Waals surface area contributed by atoms with Crippen molar-refractivity contribution in [2.24, 2.45) is 22.7 Å². The third-order valence-corrected chi connectivity index (χ3v) is 5.53. The number of nitrogens with one attached hydrogen (secondary N) is 2. The predicted octanol–water partition coefficient (Wildman–Crippen LogP) is 3.09. The highest BCUT2D eigenvalue weighted by Gasteiger charge is 2.29. The first-order valence-corrected chi connectivity index (χ1v) is 9.36. The van der Waals surface area contributed by atoms with E-state index < -0.39 is 0 Å². The fraction of sp³-hybridized carbons (Fsp3) is 0.476. The van der Waals surface area contributed by atoms with E-state index in [0.29, 0.717) is 23.8 Å². The molecule has 132 valence electrons. The maximum Gasteiger partial charge on any atom is 0.115 e. The van der Waals surface area contributed by atoms with Crippen LogP contribution in [-0.4, -0.2) is 32.5 Å². The zero-order chi connectivity index (χ0) is 17.1. The van der Waals surface area contributed by atoms with E-state index in [1.165, 1.54) is 24.1 Å². The van der Waals surface area contributed by atoms with Gasteiger partial charge in [-0.15, -0.1) is 0 Å². The molecule has 2 heterocycles. The minimum atomic E-state index is 0.341. The molecule has 0 radical (unpaired) electrons. The van der Waals surface area contributed by atoms with Crippen LogP contribution >= 0.6 is 0 Å². The Hall–Kier alpha value is -2.07. The molecule has 0 aromatic heterocycles. The quantitative estimate of drug-likeness (QED) is 0.829. The maximum atomic E-state index is 5.44. The largest absolute Gasteiger partial charge is 0.497 e. The molecule has 25 heavy (non-hydrogen) atoms. The van der Waals surface area contributed by atoms with E-state index in [-0.39, 0.29) is 0 Å². The molecular weight excluding hydrogens is 310 g/mol. The van der Waals surface area contributed by atoms with E-state index in [4.69, 9.17) is 4.74 Å². The third kappa shape index (κ3) is 3.64. The minimum Gasteiger partial charge on any atom is -0.497 e. The first kappa shape index (κ1) is 16.4. The number of rotatable bonds is 4. The molecule has 1 fully saturated rings. The van der Waals surface area contributed by atoms with Gasteiger partial charge in [-0.1, -0.05) is 18.2 Å². The summed E-state index contributed by atoms with van der Waals surface area (Å²) < 4.78 is 5.44. The van der Waals surface area contributed by atoms with E-state index >= 15 is 0 Å². The smallest absolute Gasteiger partial charge is 0.115 e. The Kier molecular flexibility index (Phi) is 4.88. The molecule has 2 aliphatic carbocycles. The van der Waals surface area contributed by atoms with Gasteiger partial charge in [0.2, 0.25) is 0 Å². The summed E-state index contributed by atoms with van der Waals surface area (Å²) in [5.74, 6) is 2.08. The fourth-order valence-corrected chi connectivity index (χ4v) is 4.10. The molecule has 3 atom stereocenters. The average molecular weight is 337 g/mol. The van der Waals surface area contributed by atoms with Gasteiger partial charge in [0.1, 0.15) is 5.76 Å². The predicted molar refractivity (Wildman–Crippen MR) is 102 cm³/mol. The molecular formula is C21H27N3O. The molecule has 0 aromatic rings. The van der Waals surface area contributed by atoms with Gasteiger partial charge >= 0.3 is 0 Å². The molecule has 0 saturated carbocycles. The van der Waals surface area contributed by atoms with Gasteiger partial charge in [0.25, 0.3) is 0 Å². The van der Waals surface area contributed by atoms with Crippen molar-refractivity contribution in [1.82, 2.24) is 10.6 Å². The Morgan fingerprint density at radius 1 is 1.24 bits per heavy atom. The number of methoxy groups -OCH3 is 1. The summed E-state index contributed by atoms with van der Waals surface area (Å²) in [6.07, 6.45) is 20.9. The van der Waals surface area contributed by atoms with Gasteiger partial charge in [-0.3, -0.25) is 4.99 Å². The monoisotopic (exact) mass is 337 g/mol. The van der Waals surface area contributed by atoms with Crippen LogP contribution in [0.15, 0.2) is 64.7 Å². The number of allylic oxidation sites excluding steroid dienone is 8. The highest BCUT2D eigenvalue weighted by atomic mass is 16.5. The van der Waals surface area contributed by atoms with E-state index in [0.717, 1.165) is 25.3 Å². The maximum absolute atomic E-state index is 5.44. The topological polar surface area (TPSA) is 45.6 Å². The molecule has 0 bridgehead atoms. The molecule has 2 aliphatic heterocycles. The number of hydrogen-bond acceptors (Lipinski definition) is 4. The summed E-state index contributed by atoms with van der Waals surface area (Å²) in [4.78, 5) is 4.40. The summed E-state index contributed by atoms with van der Waals surface area (Å²) in [5, 5.41) is 7.28. The Balaban J connectivity index is 1.59. The van der Waals surface area contributed by atoms with Crippen molar-refractivity contribution < 1.29 is 4.74 Å². The lowest BCUT2D eigenvalue weighted by Gasteiger charge is -2.34. The van der Waals surface area contributed by atoms with Crippen LogP contribution in [0.2, 0.25) is 0 Å². The normalized spacial score (nSPS) is 31.7. The standard InChI is InChI=1S/C21H27N3O/c1-25-19-4-2-3-15(12-19)17-11-16-5-8-23-14-20(16)21(13-17)24-18-6-9-22-10-7-18/h2,4-5,8,11-16,18,20,22,24H,3,6-7,9-10H2,1H3. The van der Waals surface area contributed by atoms with Crippen molar-refractivity contribution in [3.05, 3.63) is 59.7 Å². The van der Waals surface area contributed by atoms with Crippen LogP contribution in [0, 0.1) is 17.8 Å². The molecule has 0 aromatic carbocycles. The summed E-state index contributed by atoms with van der Waals surface area (Å²) in [7, 11) is 1.74. The lowest BCUT2D eigenvalue weighted by Crippen LogP contribution is -2.42. The lowest BCUT2D eigenvalue weighted by atomic mass is 9.78. The summed E-state index contributed by atoms with van der Waals surface area (Å²) in [6, 6.07) is 0.558. The van der Waals surface area contributed by atoms with Crippen LogP contribution in [0.1, 0.15) is 19.3 Å². The van der Waals surface area contributed by atoms with Gasteiger partial charge in [0.05, 0.1) is 7.11 Å². The zero-order valence-electron chi connectivity index (χ0n) is 14.8. The van der Waals surface area contributed by atoms with Gasteiger partial charge in [-0.25, -0.2) is 0 Å². The molecule has 0 spiro atoms. The zero-order valence-corrected chi connectivity index (χ0v) is 14.8. The molecule has 4 rings (SSSR count). The molecule has 1 saturated heterocycles. The van der Waals surface area contributed by atoms with Gasteiger partial charge in [-0.05, 0) is 56.2 Å². The van der Waals surface area contributed by atoms with Crippen molar-refractivity contribution in [3.8, 4) is 0 Å². The van der Waals surface area contributed by atoms with Crippen molar-refractivity contribution in [2.75, 3.05) is 20.2 Å². The summed E-state index contributed by atoms with van der Waals surface area (Å²) in [5.41, 5.74) is 2.71. The number of piperidine rings is 1. The minimum absolute atomic E-state index is 0.341. The van der Waals surface area contributed by atoms with Crippen LogP contribution in [0.3, 0.4) is 0 Å². The van der Waals surface area contributed by atoms with Crippen LogP contribution in [0.4, 0.5) is 0 Å². The second kappa shape index (κ2) is 7.44. The number of fused-ring (bicyclic) bond motifs is 1. The Morgan fingerprint density at radius 3 is 2.96 bits per heavy atom. The first-order chi connectivity index (χ1) is 12.3. The molecule has 2 N–H and O–H groups in total. The molecule has 4 heteroatoms. The van der Waals surface area contributed by atoms with Crippen molar-refractivity contribution in [2.45, 2.75) is 25.3 Å². The number of ether oxygens (including phenoxy) is 1. The average Bonchev–Trinajstić information content (AvgIpc) is 2.69. The van der Waals surface area contributed by atoms with Crippen LogP contribution in [0.5, 0.6) is 0 Å². The van der Waals surface area contributed by atoms with E-state index in [1.54, 1.807) is 7.11 Å². The van der Waals surface area contributed by atoms with Crippen LogP contribution in [-0.2, 0) is 4.74 Å². The Bertz CT molecular complexity index is 677. The van der Waals surface area contributed by atoms with E-state index in [9.17, 15) is 0 Å². The van der Waals surface area contributed by atoms with E-state index in [1.807, 2.05) is 6.20 Å². The number of hydrogen-bond donors (Lipinski definition) is 2. The van der Waals surface area contributed by atoms with Gasteiger partial charge in [-0.2, -0.15) is 0 Å². The van der Waals surface area contributed by atoms with Crippen molar-refractivity contribution >= 4 is 6.21 Å². The van der Waals surface area contributed by atoms with Crippen molar-refractivity contribution in [1.29, 1.82) is 0 Å². The van der Waals surface area contributed by atoms with Gasteiger partial charge < -0.3 is 15.4 Å².